The van der Waals surface area contributed by atoms with Crippen molar-refractivity contribution in [1.29, 1.82) is 0 Å². The number of nitrogens with one attached hydrogen (secondary N) is 2. The zero-order valence-electron chi connectivity index (χ0n) is 15.8. The molecule has 0 fully saturated rings. The summed E-state index contributed by atoms with van der Waals surface area (Å²) in [5.74, 6) is 1.08. The molecule has 0 saturated carbocycles. The predicted octanol–water partition coefficient (Wildman–Crippen LogP) is 3.60. The van der Waals surface area contributed by atoms with E-state index in [-0.39, 0.29) is 17.4 Å². The second-order valence-corrected chi connectivity index (χ2v) is 6.72. The first-order valence-electron chi connectivity index (χ1n) is 8.50. The molecule has 0 amide bonds. The maximum Gasteiger partial charge on any atom is 0.586 e. The van der Waals surface area contributed by atoms with Crippen LogP contribution in [0.5, 0.6) is 11.5 Å². The number of hydrogen-bond donors (Lipinski definition) is 2. The van der Waals surface area contributed by atoms with Crippen LogP contribution in [0.3, 0.4) is 0 Å². The van der Waals surface area contributed by atoms with Gasteiger partial charge in [0, 0.05) is 19.5 Å². The molecule has 27 heavy (non-hydrogen) atoms. The van der Waals surface area contributed by atoms with Crippen molar-refractivity contribution in [2.75, 3.05) is 7.05 Å². The van der Waals surface area contributed by atoms with Gasteiger partial charge in [0.1, 0.15) is 12.0 Å². The number of hydrogen-bond acceptors (Lipinski definition) is 6. The van der Waals surface area contributed by atoms with Gasteiger partial charge >= 0.3 is 6.29 Å². The number of fused-ring (bicyclic) bond motifs is 1. The van der Waals surface area contributed by atoms with Crippen molar-refractivity contribution >= 4 is 6.34 Å². The molecule has 2 N–H and O–H groups in total. The van der Waals surface area contributed by atoms with Crippen LogP contribution in [0.1, 0.15) is 32.4 Å². The Morgan fingerprint density at radius 2 is 1.96 bits per heavy atom. The molecular formula is C18H22F2N4O3. The molecule has 0 aliphatic carbocycles. The number of nitrogens with zero attached hydrogens (tertiary/aromatic N) is 2. The lowest BCUT2D eigenvalue weighted by Crippen LogP contribution is -2.43. The summed E-state index contributed by atoms with van der Waals surface area (Å²) in [6, 6.07) is 4.55. The van der Waals surface area contributed by atoms with E-state index in [4.69, 9.17) is 4.42 Å². The first-order chi connectivity index (χ1) is 12.7. The van der Waals surface area contributed by atoms with E-state index in [1.165, 1.54) is 12.1 Å². The standard InChI is InChI=1S/C18H22F2N4O3/c1-10(2)17(4,22-9-23-21-5)16-15(24-11(3)25-16)12-6-7-13-14(8-12)27-18(19,20)26-13/h6-10,21H,1-5H3,(H,22,23). The van der Waals surface area contributed by atoms with Crippen LogP contribution in [-0.4, -0.2) is 24.7 Å². The first-order valence-corrected chi connectivity index (χ1v) is 8.50. The minimum absolute atomic E-state index is 0.0172. The van der Waals surface area contributed by atoms with Gasteiger partial charge in [-0.1, -0.05) is 13.8 Å². The van der Waals surface area contributed by atoms with Crippen LogP contribution in [0.15, 0.2) is 27.7 Å². The highest BCUT2D eigenvalue weighted by molar-refractivity contribution is 5.68. The van der Waals surface area contributed by atoms with Gasteiger partial charge in [-0.25, -0.2) is 4.98 Å². The van der Waals surface area contributed by atoms with Gasteiger partial charge in [-0.15, -0.1) is 8.78 Å². The Kier molecular flexibility index (Phi) is 4.71. The van der Waals surface area contributed by atoms with E-state index < -0.39 is 11.8 Å². The third-order valence-electron chi connectivity index (χ3n) is 4.59. The lowest BCUT2D eigenvalue weighted by molar-refractivity contribution is -0.286. The molecule has 1 aliphatic rings. The Morgan fingerprint density at radius 3 is 2.63 bits per heavy atom. The quantitative estimate of drug-likeness (QED) is 0.453. The second kappa shape index (κ2) is 6.71. The highest BCUT2D eigenvalue weighted by atomic mass is 19.3. The molecule has 146 valence electrons. The van der Waals surface area contributed by atoms with Crippen LogP contribution < -0.4 is 20.2 Å². The van der Waals surface area contributed by atoms with Crippen molar-refractivity contribution < 1.29 is 22.7 Å². The Bertz CT molecular complexity index is 866. The lowest BCUT2D eigenvalue weighted by atomic mass is 9.84. The second-order valence-electron chi connectivity index (χ2n) is 6.72. The molecule has 1 aliphatic heterocycles. The van der Waals surface area contributed by atoms with Crippen LogP contribution in [-0.2, 0) is 5.54 Å². The fourth-order valence-electron chi connectivity index (χ4n) is 2.80. The Labute approximate surface area is 155 Å². The summed E-state index contributed by atoms with van der Waals surface area (Å²) in [5.41, 5.74) is 3.16. The molecule has 0 saturated heterocycles. The van der Waals surface area contributed by atoms with Gasteiger partial charge in [0.15, 0.2) is 23.1 Å². The van der Waals surface area contributed by atoms with Crippen molar-refractivity contribution in [2.24, 2.45) is 11.0 Å². The largest absolute Gasteiger partial charge is 0.586 e. The highest BCUT2D eigenvalue weighted by Gasteiger charge is 2.44. The molecule has 1 aromatic heterocycles. The van der Waals surface area contributed by atoms with E-state index in [1.54, 1.807) is 26.4 Å². The summed E-state index contributed by atoms with van der Waals surface area (Å²) in [4.78, 5) is 4.47. The first kappa shape index (κ1) is 18.9. The van der Waals surface area contributed by atoms with Crippen LogP contribution >= 0.6 is 0 Å². The Morgan fingerprint density at radius 1 is 1.26 bits per heavy atom. The number of aromatic nitrogens is 1. The van der Waals surface area contributed by atoms with Gasteiger partial charge in [-0.3, -0.25) is 0 Å². The van der Waals surface area contributed by atoms with Crippen molar-refractivity contribution in [1.82, 2.24) is 15.7 Å². The molecular weight excluding hydrogens is 358 g/mol. The Hall–Kier alpha value is -2.84. The van der Waals surface area contributed by atoms with Crippen LogP contribution in [0, 0.1) is 12.8 Å². The molecule has 0 bridgehead atoms. The van der Waals surface area contributed by atoms with Gasteiger partial charge in [0.25, 0.3) is 0 Å². The normalized spacial score (nSPS) is 17.3. The SMILES string of the molecule is CN/N=C\NC(C)(c1oc(C)nc1-c1ccc2c(c1)OC(F)(F)O2)C(C)C. The third-order valence-corrected chi connectivity index (χ3v) is 4.59. The molecule has 2 aromatic rings. The van der Waals surface area contributed by atoms with Gasteiger partial charge in [-0.05, 0) is 31.0 Å². The van der Waals surface area contributed by atoms with Crippen molar-refractivity contribution in [3.05, 3.63) is 29.9 Å². The van der Waals surface area contributed by atoms with Gasteiger partial charge in [0.05, 0.1) is 5.54 Å². The zero-order chi connectivity index (χ0) is 19.8. The van der Waals surface area contributed by atoms with Gasteiger partial charge < -0.3 is 24.6 Å². The molecule has 0 radical (unpaired) electrons. The van der Waals surface area contributed by atoms with Gasteiger partial charge in [-0.2, -0.15) is 5.10 Å². The van der Waals surface area contributed by atoms with Crippen molar-refractivity contribution in [3.8, 4) is 22.8 Å². The number of aryl methyl sites for hydroxylation is 1. The number of halogens is 2. The smallest absolute Gasteiger partial charge is 0.443 e. The molecule has 2 heterocycles. The van der Waals surface area contributed by atoms with E-state index in [1.807, 2.05) is 20.8 Å². The van der Waals surface area contributed by atoms with E-state index >= 15 is 0 Å². The molecule has 1 unspecified atom stereocenters. The molecule has 0 spiro atoms. The molecule has 1 aromatic carbocycles. The maximum atomic E-state index is 13.3. The van der Waals surface area contributed by atoms with Gasteiger partial charge in [0.2, 0.25) is 0 Å². The summed E-state index contributed by atoms with van der Waals surface area (Å²) >= 11 is 0. The van der Waals surface area contributed by atoms with E-state index in [0.717, 1.165) is 0 Å². The third kappa shape index (κ3) is 3.54. The topological polar surface area (TPSA) is 80.9 Å². The number of alkyl halides is 2. The van der Waals surface area contributed by atoms with Crippen LogP contribution in [0.25, 0.3) is 11.3 Å². The average Bonchev–Trinajstić information content (AvgIpc) is 3.12. The molecule has 9 heteroatoms. The van der Waals surface area contributed by atoms with Crippen LogP contribution in [0.4, 0.5) is 8.78 Å². The minimum Gasteiger partial charge on any atom is -0.443 e. The number of oxazole rings is 1. The molecule has 3 rings (SSSR count). The minimum atomic E-state index is -3.67. The fourth-order valence-corrected chi connectivity index (χ4v) is 2.80. The maximum absolute atomic E-state index is 13.3. The Balaban J connectivity index is 2.05. The van der Waals surface area contributed by atoms with Crippen LogP contribution in [0.2, 0.25) is 0 Å². The number of benzene rings is 1. The lowest BCUT2D eigenvalue weighted by Gasteiger charge is -2.32. The number of hydrazone groups is 1. The van der Waals surface area contributed by atoms with Crippen molar-refractivity contribution in [2.45, 2.75) is 39.5 Å². The fraction of sp³-hybridized carbons (Fsp3) is 0.444. The van der Waals surface area contributed by atoms with Crippen molar-refractivity contribution in [3.63, 3.8) is 0 Å². The highest BCUT2D eigenvalue weighted by Crippen LogP contribution is 2.44. The predicted molar refractivity (Wildman–Crippen MR) is 95.8 cm³/mol. The molecule has 1 atom stereocenters. The summed E-state index contributed by atoms with van der Waals surface area (Å²) in [7, 11) is 1.69. The van der Waals surface area contributed by atoms with E-state index in [9.17, 15) is 8.78 Å². The zero-order valence-corrected chi connectivity index (χ0v) is 15.8. The number of ether oxygens (including phenoxy) is 2. The number of rotatable bonds is 6. The molecule has 7 nitrogen and oxygen atoms in total. The average molecular weight is 380 g/mol. The van der Waals surface area contributed by atoms with E-state index in [2.05, 4.69) is 30.3 Å². The monoisotopic (exact) mass is 380 g/mol. The van der Waals surface area contributed by atoms with E-state index in [0.29, 0.717) is 22.9 Å². The summed E-state index contributed by atoms with van der Waals surface area (Å²) < 4.78 is 41.5. The summed E-state index contributed by atoms with van der Waals surface area (Å²) in [6.07, 6.45) is -2.12. The summed E-state index contributed by atoms with van der Waals surface area (Å²) in [6.45, 7) is 7.75. The summed E-state index contributed by atoms with van der Waals surface area (Å²) in [5, 5.41) is 7.21.